The second-order valence-electron chi connectivity index (χ2n) is 9.75. The van der Waals surface area contributed by atoms with Gasteiger partial charge in [-0.05, 0) is 48.0 Å². The molecule has 0 radical (unpaired) electrons. The number of ether oxygens (including phenoxy) is 2. The molecule has 1 aliphatic rings. The van der Waals surface area contributed by atoms with Gasteiger partial charge in [0.2, 0.25) is 11.8 Å². The van der Waals surface area contributed by atoms with Gasteiger partial charge in [-0.15, -0.1) is 0 Å². The lowest BCUT2D eigenvalue weighted by atomic mass is 10.1. The average Bonchev–Trinajstić information content (AvgIpc) is 3.26. The van der Waals surface area contributed by atoms with Crippen molar-refractivity contribution in [3.8, 4) is 11.5 Å². The van der Waals surface area contributed by atoms with Gasteiger partial charge in [-0.3, -0.25) is 14.4 Å². The van der Waals surface area contributed by atoms with Crippen molar-refractivity contribution in [1.82, 2.24) is 10.2 Å². The fourth-order valence-corrected chi connectivity index (χ4v) is 4.56. The maximum atomic E-state index is 13.3. The van der Waals surface area contributed by atoms with E-state index in [2.05, 4.69) is 17.2 Å². The minimum absolute atomic E-state index is 0.00721. The number of para-hydroxylation sites is 1. The van der Waals surface area contributed by atoms with Crippen molar-refractivity contribution in [2.45, 2.75) is 19.1 Å². The van der Waals surface area contributed by atoms with E-state index in [4.69, 9.17) is 9.47 Å². The molecule has 1 atom stereocenters. The topological polar surface area (TPSA) is 97.0 Å². The van der Waals surface area contributed by atoms with E-state index in [-0.39, 0.29) is 38.0 Å². The number of fused-ring (bicyclic) bond motifs is 1. The first-order valence-corrected chi connectivity index (χ1v) is 13.6. The molecule has 0 aromatic heterocycles. The fraction of sp³-hybridized carbons (Fsp3) is 0.147. The lowest BCUT2D eigenvalue weighted by Crippen LogP contribution is -2.47. The maximum Gasteiger partial charge on any atom is 0.258 e. The Kier molecular flexibility index (Phi) is 9.06. The highest BCUT2D eigenvalue weighted by molar-refractivity contribution is 6.09. The molecule has 4 aromatic carbocycles. The molecule has 0 saturated heterocycles. The van der Waals surface area contributed by atoms with Crippen molar-refractivity contribution in [3.63, 3.8) is 0 Å². The van der Waals surface area contributed by atoms with Crippen LogP contribution < -0.4 is 15.4 Å². The molecule has 1 aliphatic heterocycles. The number of rotatable bonds is 12. The van der Waals surface area contributed by atoms with Crippen LogP contribution in [0.3, 0.4) is 0 Å². The van der Waals surface area contributed by atoms with Crippen LogP contribution in [0.5, 0.6) is 11.5 Å². The zero-order chi connectivity index (χ0) is 29.3. The quantitative estimate of drug-likeness (QED) is 0.234. The van der Waals surface area contributed by atoms with Gasteiger partial charge in [-0.1, -0.05) is 73.3 Å². The summed E-state index contributed by atoms with van der Waals surface area (Å²) in [6.45, 7) is 4.40. The van der Waals surface area contributed by atoms with Gasteiger partial charge < -0.3 is 25.0 Å². The minimum Gasteiger partial charge on any atom is -0.457 e. The van der Waals surface area contributed by atoms with Crippen LogP contribution >= 0.6 is 0 Å². The number of amides is 3. The normalized spacial score (nSPS) is 12.9. The van der Waals surface area contributed by atoms with Crippen molar-refractivity contribution in [2.75, 3.05) is 18.5 Å². The summed E-state index contributed by atoms with van der Waals surface area (Å²) in [5.74, 6) is 0.318. The summed E-state index contributed by atoms with van der Waals surface area (Å²) in [7, 11) is 0. The smallest absolute Gasteiger partial charge is 0.258 e. The van der Waals surface area contributed by atoms with Gasteiger partial charge >= 0.3 is 0 Å². The first kappa shape index (κ1) is 28.3. The largest absolute Gasteiger partial charge is 0.457 e. The molecule has 4 aromatic rings. The van der Waals surface area contributed by atoms with Crippen molar-refractivity contribution >= 4 is 29.1 Å². The van der Waals surface area contributed by atoms with E-state index < -0.39 is 11.9 Å². The highest BCUT2D eigenvalue weighted by atomic mass is 16.5. The van der Waals surface area contributed by atoms with Crippen LogP contribution in [0.25, 0.3) is 5.70 Å². The number of nitrogens with one attached hydrogen (secondary N) is 2. The van der Waals surface area contributed by atoms with E-state index in [1.165, 1.54) is 4.90 Å². The monoisotopic (exact) mass is 561 g/mol. The molecular formula is C34H31N3O5. The van der Waals surface area contributed by atoms with Crippen molar-refractivity contribution in [3.05, 3.63) is 132 Å². The Morgan fingerprint density at radius 1 is 0.786 bits per heavy atom. The molecule has 42 heavy (non-hydrogen) atoms. The van der Waals surface area contributed by atoms with Gasteiger partial charge in [0.1, 0.15) is 17.5 Å². The third kappa shape index (κ3) is 7.10. The van der Waals surface area contributed by atoms with Crippen molar-refractivity contribution < 1.29 is 23.9 Å². The molecule has 2 N–H and O–H groups in total. The lowest BCUT2D eigenvalue weighted by Gasteiger charge is -2.21. The van der Waals surface area contributed by atoms with Crippen LogP contribution in [-0.4, -0.2) is 41.8 Å². The van der Waals surface area contributed by atoms with E-state index >= 15 is 0 Å². The summed E-state index contributed by atoms with van der Waals surface area (Å²) in [5, 5.41) is 5.62. The summed E-state index contributed by atoms with van der Waals surface area (Å²) < 4.78 is 11.6. The standard InChI is InChI=1S/C34H31N3O5/c1-24-29-14-8-9-15-30(29)34(40)37(24)21-20-32(38)36-31(23-41-22-25-10-4-2-5-11-25)33(39)35-26-16-18-28(19-17-26)42-27-12-6-3-7-13-27/h2-19,31H,1,20-23H2,(H,35,39)(H,36,38). The van der Waals surface area contributed by atoms with Gasteiger partial charge in [0.15, 0.2) is 0 Å². The molecule has 1 heterocycles. The van der Waals surface area contributed by atoms with Crippen LogP contribution in [0.15, 0.2) is 116 Å². The Morgan fingerprint density at radius 3 is 2.10 bits per heavy atom. The van der Waals surface area contributed by atoms with E-state index in [0.717, 1.165) is 11.1 Å². The van der Waals surface area contributed by atoms with E-state index in [9.17, 15) is 14.4 Å². The fourth-order valence-electron chi connectivity index (χ4n) is 4.56. The van der Waals surface area contributed by atoms with Crippen LogP contribution in [0, 0.1) is 0 Å². The predicted molar refractivity (Wildman–Crippen MR) is 161 cm³/mol. The van der Waals surface area contributed by atoms with Crippen molar-refractivity contribution in [1.29, 1.82) is 0 Å². The Hall–Kier alpha value is -5.21. The number of nitrogens with zero attached hydrogens (tertiary/aromatic N) is 1. The molecule has 0 fully saturated rings. The first-order chi connectivity index (χ1) is 20.5. The molecule has 0 bridgehead atoms. The zero-order valence-corrected chi connectivity index (χ0v) is 23.0. The number of carbonyl (C=O) groups excluding carboxylic acids is 3. The van der Waals surface area contributed by atoms with Crippen LogP contribution in [0.1, 0.15) is 27.9 Å². The lowest BCUT2D eigenvalue weighted by molar-refractivity contribution is -0.128. The summed E-state index contributed by atoms with van der Waals surface area (Å²) in [6, 6.07) is 32.2. The Balaban J connectivity index is 1.20. The number of anilines is 1. The van der Waals surface area contributed by atoms with Crippen LogP contribution in [-0.2, 0) is 20.9 Å². The molecule has 0 spiro atoms. The van der Waals surface area contributed by atoms with Gasteiger partial charge in [-0.25, -0.2) is 0 Å². The molecule has 1 unspecified atom stereocenters. The van der Waals surface area contributed by atoms with Gasteiger partial charge in [-0.2, -0.15) is 0 Å². The SMILES string of the molecule is C=C1c2ccccc2C(=O)N1CCC(=O)NC(COCc1ccccc1)C(=O)Nc1ccc(Oc2ccccc2)cc1. The number of hydrogen-bond acceptors (Lipinski definition) is 5. The Labute approximate surface area is 244 Å². The zero-order valence-electron chi connectivity index (χ0n) is 23.0. The first-order valence-electron chi connectivity index (χ1n) is 13.6. The Bertz CT molecular complexity index is 1520. The summed E-state index contributed by atoms with van der Waals surface area (Å²) in [4.78, 5) is 40.5. The van der Waals surface area contributed by atoms with Gasteiger partial charge in [0.25, 0.3) is 5.91 Å². The molecule has 212 valence electrons. The van der Waals surface area contributed by atoms with Gasteiger partial charge in [0.05, 0.1) is 13.2 Å². The Morgan fingerprint density at radius 2 is 1.40 bits per heavy atom. The molecule has 8 heteroatoms. The highest BCUT2D eigenvalue weighted by Gasteiger charge is 2.31. The molecule has 0 saturated carbocycles. The molecule has 0 aliphatic carbocycles. The van der Waals surface area contributed by atoms with E-state index in [1.807, 2.05) is 72.8 Å². The molecule has 3 amide bonds. The van der Waals surface area contributed by atoms with Crippen LogP contribution in [0.2, 0.25) is 0 Å². The number of carbonyl (C=O) groups is 3. The van der Waals surface area contributed by atoms with Crippen LogP contribution in [0.4, 0.5) is 5.69 Å². The second-order valence-corrected chi connectivity index (χ2v) is 9.75. The molecular weight excluding hydrogens is 530 g/mol. The predicted octanol–water partition coefficient (Wildman–Crippen LogP) is 5.64. The second kappa shape index (κ2) is 13.4. The molecule has 5 rings (SSSR count). The third-order valence-corrected chi connectivity index (χ3v) is 6.75. The number of benzene rings is 4. The highest BCUT2D eigenvalue weighted by Crippen LogP contribution is 2.31. The summed E-state index contributed by atoms with van der Waals surface area (Å²) in [5.41, 5.74) is 3.37. The van der Waals surface area contributed by atoms with Crippen molar-refractivity contribution in [2.24, 2.45) is 0 Å². The van der Waals surface area contributed by atoms with Gasteiger partial charge in [0, 0.05) is 35.5 Å². The average molecular weight is 562 g/mol. The minimum atomic E-state index is -0.962. The van der Waals surface area contributed by atoms with E-state index in [0.29, 0.717) is 28.4 Å². The molecule has 8 nitrogen and oxygen atoms in total. The summed E-state index contributed by atoms with van der Waals surface area (Å²) in [6.07, 6.45) is -0.00721. The third-order valence-electron chi connectivity index (χ3n) is 6.75. The maximum absolute atomic E-state index is 13.3. The van der Waals surface area contributed by atoms with E-state index in [1.54, 1.807) is 36.4 Å². The number of hydrogen-bond donors (Lipinski definition) is 2. The summed E-state index contributed by atoms with van der Waals surface area (Å²) >= 11 is 0.